The lowest BCUT2D eigenvalue weighted by Crippen LogP contribution is -2.51. The minimum atomic E-state index is -1.13. The number of carbonyl (C=O) groups excluding carboxylic acids is 2. The van der Waals surface area contributed by atoms with Gasteiger partial charge in [-0.2, -0.15) is 0 Å². The van der Waals surface area contributed by atoms with Gasteiger partial charge >= 0.3 is 0 Å². The van der Waals surface area contributed by atoms with Gasteiger partial charge in [-0.05, 0) is 64.3 Å². The average Bonchev–Trinajstić information content (AvgIpc) is 3.82. The van der Waals surface area contributed by atoms with Crippen LogP contribution in [0.4, 0.5) is 4.39 Å². The van der Waals surface area contributed by atoms with E-state index in [1.807, 2.05) is 24.8 Å². The Labute approximate surface area is 240 Å². The van der Waals surface area contributed by atoms with E-state index in [1.165, 1.54) is 6.07 Å². The highest BCUT2D eigenvalue weighted by Gasteiger charge is 2.38. The number of fused-ring (bicyclic) bond motifs is 1. The van der Waals surface area contributed by atoms with Crippen LogP contribution >= 0.6 is 0 Å². The first-order valence-corrected chi connectivity index (χ1v) is 14.4. The minimum absolute atomic E-state index is 0.0414. The van der Waals surface area contributed by atoms with Gasteiger partial charge in [0.25, 0.3) is 5.91 Å². The second-order valence-corrected chi connectivity index (χ2v) is 11.0. The molecule has 2 aliphatic rings. The van der Waals surface area contributed by atoms with Crippen LogP contribution in [0.2, 0.25) is 0 Å². The van der Waals surface area contributed by atoms with Gasteiger partial charge in [0.05, 0.1) is 6.61 Å². The summed E-state index contributed by atoms with van der Waals surface area (Å²) in [7, 11) is 1.59. The topological polar surface area (TPSA) is 90.0 Å². The molecule has 2 fully saturated rings. The van der Waals surface area contributed by atoms with Gasteiger partial charge in [0.15, 0.2) is 11.9 Å². The summed E-state index contributed by atoms with van der Waals surface area (Å²) in [5.74, 6) is -0.286. The van der Waals surface area contributed by atoms with E-state index in [1.54, 1.807) is 43.5 Å². The van der Waals surface area contributed by atoms with Crippen molar-refractivity contribution in [2.75, 3.05) is 33.4 Å². The van der Waals surface area contributed by atoms with Crippen molar-refractivity contribution < 1.29 is 28.2 Å². The van der Waals surface area contributed by atoms with E-state index in [0.29, 0.717) is 23.3 Å². The minimum Gasteiger partial charge on any atom is -0.490 e. The lowest BCUT2D eigenvalue weighted by molar-refractivity contribution is -0.127. The molecule has 1 N–H and O–H groups in total. The molecule has 2 heterocycles. The third-order valence-corrected chi connectivity index (χ3v) is 7.65. The number of hydrogen-bond acceptors (Lipinski definition) is 7. The van der Waals surface area contributed by atoms with E-state index < -0.39 is 11.9 Å². The van der Waals surface area contributed by atoms with Gasteiger partial charge in [-0.3, -0.25) is 9.59 Å². The normalized spacial score (nSPS) is 17.8. The number of amides is 1. The first-order chi connectivity index (χ1) is 19.9. The molecule has 1 aromatic heterocycles. The number of halogens is 1. The van der Waals surface area contributed by atoms with Crippen LogP contribution in [-0.4, -0.2) is 67.1 Å². The number of ketones is 1. The summed E-state index contributed by atoms with van der Waals surface area (Å²) in [6.07, 6.45) is 2.29. The van der Waals surface area contributed by atoms with Crippen molar-refractivity contribution in [1.82, 2.24) is 15.2 Å². The fraction of sp³-hybridized carbons (Fsp3) is 0.469. The predicted molar refractivity (Wildman–Crippen MR) is 154 cm³/mol. The number of para-hydroxylation sites is 1. The van der Waals surface area contributed by atoms with Crippen LogP contribution in [0.25, 0.3) is 10.9 Å². The van der Waals surface area contributed by atoms with E-state index in [9.17, 15) is 14.0 Å². The Kier molecular flexibility index (Phi) is 9.15. The van der Waals surface area contributed by atoms with Gasteiger partial charge in [0.2, 0.25) is 0 Å². The summed E-state index contributed by atoms with van der Waals surface area (Å²) in [4.78, 5) is 34.0. The molecule has 0 spiro atoms. The Bertz CT molecular complexity index is 1390. The number of aromatic nitrogens is 1. The number of carbonyl (C=O) groups is 2. The van der Waals surface area contributed by atoms with Gasteiger partial charge < -0.3 is 24.4 Å². The Morgan fingerprint density at radius 3 is 2.56 bits per heavy atom. The molecule has 1 saturated heterocycles. The van der Waals surface area contributed by atoms with Gasteiger partial charge in [0, 0.05) is 48.7 Å². The summed E-state index contributed by atoms with van der Waals surface area (Å²) in [6.45, 7) is 6.29. The van der Waals surface area contributed by atoms with Crippen molar-refractivity contribution in [3.05, 3.63) is 65.6 Å². The van der Waals surface area contributed by atoms with Crippen LogP contribution in [0.5, 0.6) is 11.5 Å². The lowest BCUT2D eigenvalue weighted by Gasteiger charge is -2.37. The second-order valence-electron chi connectivity index (χ2n) is 11.0. The van der Waals surface area contributed by atoms with Crippen LogP contribution in [0, 0.1) is 11.7 Å². The zero-order chi connectivity index (χ0) is 28.9. The first kappa shape index (κ1) is 29.0. The van der Waals surface area contributed by atoms with Gasteiger partial charge in [-0.15, -0.1) is 0 Å². The number of pyridine rings is 1. The second kappa shape index (κ2) is 13.0. The molecule has 3 aromatic rings. The Hall–Kier alpha value is -3.56. The highest BCUT2D eigenvalue weighted by molar-refractivity contribution is 5.99. The van der Waals surface area contributed by atoms with Crippen molar-refractivity contribution in [1.29, 1.82) is 0 Å². The van der Waals surface area contributed by atoms with Crippen molar-refractivity contribution in [3.63, 3.8) is 0 Å². The number of rotatable bonds is 12. The molecular formula is C32H38FN3O5. The molecule has 0 bridgehead atoms. The maximum absolute atomic E-state index is 14.9. The van der Waals surface area contributed by atoms with Crippen molar-refractivity contribution in [3.8, 4) is 11.5 Å². The monoisotopic (exact) mass is 563 g/mol. The molecule has 1 saturated carbocycles. The van der Waals surface area contributed by atoms with Crippen LogP contribution in [0.3, 0.4) is 0 Å². The largest absolute Gasteiger partial charge is 0.490 e. The zero-order valence-electron chi connectivity index (χ0n) is 23.9. The molecule has 0 radical (unpaired) electrons. The van der Waals surface area contributed by atoms with Crippen LogP contribution in [0.1, 0.15) is 61.7 Å². The summed E-state index contributed by atoms with van der Waals surface area (Å²) >= 11 is 0. The van der Waals surface area contributed by atoms with E-state index in [2.05, 4.69) is 5.32 Å². The third kappa shape index (κ3) is 6.52. The van der Waals surface area contributed by atoms with E-state index in [-0.39, 0.29) is 53.3 Å². The Morgan fingerprint density at radius 1 is 1.07 bits per heavy atom. The molecule has 1 unspecified atom stereocenters. The Morgan fingerprint density at radius 2 is 1.88 bits per heavy atom. The van der Waals surface area contributed by atoms with Crippen LogP contribution in [0.15, 0.2) is 48.5 Å². The number of nitrogens with zero attached hydrogens (tertiary/aromatic N) is 2. The van der Waals surface area contributed by atoms with Gasteiger partial charge in [-0.1, -0.05) is 24.3 Å². The summed E-state index contributed by atoms with van der Waals surface area (Å²) in [5.41, 5.74) is 0.776. The van der Waals surface area contributed by atoms with Gasteiger partial charge in [-0.25, -0.2) is 9.37 Å². The number of ether oxygens (including phenoxy) is 3. The maximum Gasteiger partial charge on any atom is 0.273 e. The fourth-order valence-corrected chi connectivity index (χ4v) is 5.45. The van der Waals surface area contributed by atoms with Crippen LogP contribution in [-0.2, 0) is 9.53 Å². The van der Waals surface area contributed by atoms with E-state index >= 15 is 0 Å². The average molecular weight is 564 g/mol. The quantitative estimate of drug-likeness (QED) is 0.307. The standard InChI is InChI=1S/C32H38FN3O5/c1-20(2)36(22-8-7-15-34-19-22)32(38)26-18-28(40-17-16-39-3)24-10-6-12-27(29(24)35-26)41-31(30(37)21-13-14-21)23-9-4-5-11-25(23)33/h4-6,9-12,18,20-22,31,34H,7-8,13-17,19H2,1-3H3/t22-,31?/m1/s1. The van der Waals surface area contributed by atoms with Crippen molar-refractivity contribution >= 4 is 22.6 Å². The fourth-order valence-electron chi connectivity index (χ4n) is 5.45. The molecule has 1 aliphatic carbocycles. The van der Waals surface area contributed by atoms with Crippen LogP contribution < -0.4 is 14.8 Å². The SMILES string of the molecule is COCCOc1cc(C(=O)N(C(C)C)[C@@H]2CCCNC2)nc2c(OC(C(=O)C3CC3)c3ccccc3F)cccc12. The number of hydrogen-bond donors (Lipinski definition) is 1. The molecule has 8 nitrogen and oxygen atoms in total. The summed E-state index contributed by atoms with van der Waals surface area (Å²) < 4.78 is 32.5. The molecule has 2 aromatic carbocycles. The number of methoxy groups -OCH3 is 1. The van der Waals surface area contributed by atoms with Gasteiger partial charge in [0.1, 0.15) is 35.1 Å². The smallest absolute Gasteiger partial charge is 0.273 e. The number of nitrogens with one attached hydrogen (secondary N) is 1. The molecular weight excluding hydrogens is 525 g/mol. The summed E-state index contributed by atoms with van der Waals surface area (Å²) in [6, 6.07) is 13.1. The zero-order valence-corrected chi connectivity index (χ0v) is 23.9. The lowest BCUT2D eigenvalue weighted by atomic mass is 10.0. The number of benzene rings is 2. The predicted octanol–water partition coefficient (Wildman–Crippen LogP) is 5.10. The first-order valence-electron chi connectivity index (χ1n) is 14.4. The molecule has 5 rings (SSSR count). The molecule has 41 heavy (non-hydrogen) atoms. The highest BCUT2D eigenvalue weighted by Crippen LogP contribution is 2.40. The van der Waals surface area contributed by atoms with E-state index in [4.69, 9.17) is 19.2 Å². The number of piperidine rings is 1. The molecule has 1 amide bonds. The summed E-state index contributed by atoms with van der Waals surface area (Å²) in [5, 5.41) is 4.01. The Balaban J connectivity index is 1.58. The van der Waals surface area contributed by atoms with Crippen molar-refractivity contribution in [2.24, 2.45) is 5.92 Å². The molecule has 2 atom stereocenters. The number of Topliss-reactive ketones (excluding diaryl/α,β-unsaturated/α-hetero) is 1. The van der Waals surface area contributed by atoms with Crippen molar-refractivity contribution in [2.45, 2.75) is 57.7 Å². The molecule has 218 valence electrons. The molecule has 9 heteroatoms. The maximum atomic E-state index is 14.9. The van der Waals surface area contributed by atoms with E-state index in [0.717, 1.165) is 38.8 Å². The molecule has 1 aliphatic heterocycles. The highest BCUT2D eigenvalue weighted by atomic mass is 19.1. The third-order valence-electron chi connectivity index (χ3n) is 7.65.